The zero-order valence-corrected chi connectivity index (χ0v) is 13.2. The van der Waals surface area contributed by atoms with Crippen LogP contribution in [-0.2, 0) is 13.5 Å². The van der Waals surface area contributed by atoms with Crippen molar-refractivity contribution in [1.29, 1.82) is 0 Å². The second-order valence-corrected chi connectivity index (χ2v) is 6.35. The summed E-state index contributed by atoms with van der Waals surface area (Å²) in [6.07, 6.45) is 5.17. The largest absolute Gasteiger partial charge is 0.313 e. The molecule has 1 N–H and O–H groups in total. The standard InChI is InChI=1S/C15H19BrN4/c1-20-15(18-10-19-20)8-12(9-17-14-5-6-14)11-3-2-4-13(16)7-11/h2-4,7,10,12,14,17H,5-6,8-9H2,1H3. The van der Waals surface area contributed by atoms with Crippen molar-refractivity contribution in [3.63, 3.8) is 0 Å². The number of hydrogen-bond acceptors (Lipinski definition) is 3. The Morgan fingerprint density at radius 3 is 2.95 bits per heavy atom. The summed E-state index contributed by atoms with van der Waals surface area (Å²) in [4.78, 5) is 4.36. The summed E-state index contributed by atoms with van der Waals surface area (Å²) in [5, 5.41) is 7.80. The van der Waals surface area contributed by atoms with Crippen LogP contribution in [0.25, 0.3) is 0 Å². The molecule has 1 aliphatic carbocycles. The first-order chi connectivity index (χ1) is 9.72. The highest BCUT2D eigenvalue weighted by Crippen LogP contribution is 2.25. The fraction of sp³-hybridized carbons (Fsp3) is 0.467. The van der Waals surface area contributed by atoms with E-state index >= 15 is 0 Å². The Balaban J connectivity index is 1.77. The number of aryl methyl sites for hydroxylation is 1. The third kappa shape index (κ3) is 3.46. The monoisotopic (exact) mass is 334 g/mol. The van der Waals surface area contributed by atoms with E-state index in [0.717, 1.165) is 29.3 Å². The first kappa shape index (κ1) is 13.8. The van der Waals surface area contributed by atoms with Crippen LogP contribution in [0, 0.1) is 0 Å². The van der Waals surface area contributed by atoms with Gasteiger partial charge in [0.15, 0.2) is 0 Å². The van der Waals surface area contributed by atoms with Gasteiger partial charge >= 0.3 is 0 Å². The Kier molecular flexibility index (Phi) is 4.17. The third-order valence-corrected chi connectivity index (χ3v) is 4.28. The highest BCUT2D eigenvalue weighted by atomic mass is 79.9. The molecule has 0 radical (unpaired) electrons. The summed E-state index contributed by atoms with van der Waals surface area (Å²) in [6.45, 7) is 0.994. The minimum absolute atomic E-state index is 0.427. The summed E-state index contributed by atoms with van der Waals surface area (Å²) in [7, 11) is 1.95. The van der Waals surface area contributed by atoms with Crippen LogP contribution in [0.2, 0.25) is 0 Å². The van der Waals surface area contributed by atoms with E-state index in [1.807, 2.05) is 11.7 Å². The zero-order chi connectivity index (χ0) is 13.9. The normalized spacial score (nSPS) is 16.3. The molecule has 0 bridgehead atoms. The van der Waals surface area contributed by atoms with Gasteiger partial charge in [-0.1, -0.05) is 28.1 Å². The second-order valence-electron chi connectivity index (χ2n) is 5.44. The van der Waals surface area contributed by atoms with Crippen molar-refractivity contribution in [3.05, 3.63) is 46.5 Å². The van der Waals surface area contributed by atoms with Gasteiger partial charge in [-0.15, -0.1) is 0 Å². The van der Waals surface area contributed by atoms with Crippen LogP contribution < -0.4 is 5.32 Å². The van der Waals surface area contributed by atoms with Crippen molar-refractivity contribution in [2.75, 3.05) is 6.54 Å². The molecule has 0 amide bonds. The molecule has 1 unspecified atom stereocenters. The van der Waals surface area contributed by atoms with E-state index in [4.69, 9.17) is 0 Å². The Morgan fingerprint density at radius 2 is 2.30 bits per heavy atom. The number of nitrogens with one attached hydrogen (secondary N) is 1. The van der Waals surface area contributed by atoms with Gasteiger partial charge in [0.25, 0.3) is 0 Å². The summed E-state index contributed by atoms with van der Waals surface area (Å²) in [5.74, 6) is 1.46. The average molecular weight is 335 g/mol. The molecule has 4 nitrogen and oxygen atoms in total. The molecule has 1 aliphatic rings. The highest BCUT2D eigenvalue weighted by Gasteiger charge is 2.23. The second kappa shape index (κ2) is 6.06. The molecule has 1 atom stereocenters. The topological polar surface area (TPSA) is 42.7 Å². The van der Waals surface area contributed by atoms with Crippen LogP contribution in [0.5, 0.6) is 0 Å². The summed E-state index contributed by atoms with van der Waals surface area (Å²) in [6, 6.07) is 9.29. The summed E-state index contributed by atoms with van der Waals surface area (Å²) >= 11 is 3.56. The molecule has 0 saturated heterocycles. The van der Waals surface area contributed by atoms with Gasteiger partial charge < -0.3 is 5.32 Å². The van der Waals surface area contributed by atoms with Gasteiger partial charge in [-0.25, -0.2) is 4.98 Å². The van der Waals surface area contributed by atoms with Crippen molar-refractivity contribution < 1.29 is 0 Å². The summed E-state index contributed by atoms with van der Waals surface area (Å²) < 4.78 is 2.99. The van der Waals surface area contributed by atoms with Crippen molar-refractivity contribution in [2.45, 2.75) is 31.2 Å². The molecule has 1 fully saturated rings. The predicted octanol–water partition coefficient (Wildman–Crippen LogP) is 2.66. The van der Waals surface area contributed by atoms with Crippen LogP contribution in [0.3, 0.4) is 0 Å². The van der Waals surface area contributed by atoms with E-state index < -0.39 is 0 Å². The molecule has 1 aromatic carbocycles. The molecule has 0 aliphatic heterocycles. The molecule has 3 rings (SSSR count). The third-order valence-electron chi connectivity index (χ3n) is 3.78. The molecule has 2 aromatic rings. The molecule has 1 aromatic heterocycles. The van der Waals surface area contributed by atoms with Crippen molar-refractivity contribution in [3.8, 4) is 0 Å². The van der Waals surface area contributed by atoms with E-state index in [0.29, 0.717) is 5.92 Å². The fourth-order valence-electron chi connectivity index (χ4n) is 2.39. The Morgan fingerprint density at radius 1 is 1.45 bits per heavy atom. The van der Waals surface area contributed by atoms with Gasteiger partial charge in [-0.3, -0.25) is 4.68 Å². The minimum Gasteiger partial charge on any atom is -0.313 e. The van der Waals surface area contributed by atoms with Gasteiger partial charge in [0.05, 0.1) is 0 Å². The molecular weight excluding hydrogens is 316 g/mol. The van der Waals surface area contributed by atoms with Crippen LogP contribution in [0.15, 0.2) is 35.1 Å². The molecule has 106 valence electrons. The van der Waals surface area contributed by atoms with E-state index in [1.165, 1.54) is 18.4 Å². The lowest BCUT2D eigenvalue weighted by Crippen LogP contribution is -2.25. The van der Waals surface area contributed by atoms with Crippen molar-refractivity contribution in [1.82, 2.24) is 20.1 Å². The van der Waals surface area contributed by atoms with Crippen molar-refractivity contribution >= 4 is 15.9 Å². The summed E-state index contributed by atoms with van der Waals surface area (Å²) in [5.41, 5.74) is 1.34. The molecule has 20 heavy (non-hydrogen) atoms. The lowest BCUT2D eigenvalue weighted by molar-refractivity contribution is 0.551. The molecule has 1 heterocycles. The average Bonchev–Trinajstić information content (AvgIpc) is 3.18. The van der Waals surface area contributed by atoms with Gasteiger partial charge in [0, 0.05) is 36.4 Å². The molecule has 1 saturated carbocycles. The Bertz CT molecular complexity index is 577. The molecule has 5 heteroatoms. The highest BCUT2D eigenvalue weighted by molar-refractivity contribution is 9.10. The molecule has 0 spiro atoms. The fourth-order valence-corrected chi connectivity index (χ4v) is 2.81. The minimum atomic E-state index is 0.427. The number of nitrogens with zero attached hydrogens (tertiary/aromatic N) is 3. The number of hydrogen-bond donors (Lipinski definition) is 1. The number of halogens is 1. The predicted molar refractivity (Wildman–Crippen MR) is 82.6 cm³/mol. The Hall–Kier alpha value is -1.20. The number of benzene rings is 1. The number of aromatic nitrogens is 3. The number of rotatable bonds is 6. The van der Waals surface area contributed by atoms with Crippen LogP contribution >= 0.6 is 15.9 Å². The van der Waals surface area contributed by atoms with Crippen LogP contribution in [0.1, 0.15) is 30.1 Å². The van der Waals surface area contributed by atoms with Crippen LogP contribution in [-0.4, -0.2) is 27.4 Å². The lowest BCUT2D eigenvalue weighted by atomic mass is 9.95. The lowest BCUT2D eigenvalue weighted by Gasteiger charge is -2.18. The van der Waals surface area contributed by atoms with E-state index in [-0.39, 0.29) is 0 Å². The SMILES string of the molecule is Cn1ncnc1CC(CNC1CC1)c1cccc(Br)c1. The van der Waals surface area contributed by atoms with Gasteiger partial charge in [0.2, 0.25) is 0 Å². The quantitative estimate of drug-likeness (QED) is 0.883. The van der Waals surface area contributed by atoms with Gasteiger partial charge in [0.1, 0.15) is 12.2 Å². The maximum Gasteiger partial charge on any atom is 0.138 e. The van der Waals surface area contributed by atoms with E-state index in [2.05, 4.69) is 55.6 Å². The van der Waals surface area contributed by atoms with E-state index in [1.54, 1.807) is 6.33 Å². The zero-order valence-electron chi connectivity index (χ0n) is 11.6. The van der Waals surface area contributed by atoms with E-state index in [9.17, 15) is 0 Å². The van der Waals surface area contributed by atoms with Gasteiger partial charge in [-0.05, 0) is 30.5 Å². The Labute approximate surface area is 127 Å². The van der Waals surface area contributed by atoms with Crippen LogP contribution in [0.4, 0.5) is 0 Å². The maximum absolute atomic E-state index is 4.36. The maximum atomic E-state index is 4.36. The van der Waals surface area contributed by atoms with Crippen molar-refractivity contribution in [2.24, 2.45) is 7.05 Å². The first-order valence-electron chi connectivity index (χ1n) is 7.04. The van der Waals surface area contributed by atoms with Gasteiger partial charge in [-0.2, -0.15) is 5.10 Å². The molecular formula is C15H19BrN4. The first-order valence-corrected chi connectivity index (χ1v) is 7.83. The smallest absolute Gasteiger partial charge is 0.138 e.